The van der Waals surface area contributed by atoms with Crippen LogP contribution in [0.15, 0.2) is 36.5 Å². The Labute approximate surface area is 151 Å². The van der Waals surface area contributed by atoms with Crippen molar-refractivity contribution in [3.8, 4) is 0 Å². The van der Waals surface area contributed by atoms with Gasteiger partial charge in [0, 0.05) is 30.9 Å². The predicted molar refractivity (Wildman–Crippen MR) is 95.0 cm³/mol. The van der Waals surface area contributed by atoms with Gasteiger partial charge in [0.15, 0.2) is 0 Å². The van der Waals surface area contributed by atoms with Crippen molar-refractivity contribution in [3.63, 3.8) is 0 Å². The van der Waals surface area contributed by atoms with Crippen molar-refractivity contribution in [2.75, 3.05) is 18.4 Å². The molecule has 1 aromatic heterocycles. The standard InChI is InChI=1S/C19H21F2N3O2/c1-3-9-24(10-4-2)19(26)17-11-13(7-8-22-17)18(25)23-16-6-5-14(20)12-15(16)21/h5-8,11-12H,3-4,9-10H2,1-2H3,(H,23,25). The van der Waals surface area contributed by atoms with E-state index in [-0.39, 0.29) is 22.9 Å². The minimum Gasteiger partial charge on any atom is -0.337 e. The third-order valence-electron chi connectivity index (χ3n) is 3.69. The molecule has 0 atom stereocenters. The van der Waals surface area contributed by atoms with Gasteiger partial charge in [-0.2, -0.15) is 0 Å². The molecule has 2 aromatic rings. The summed E-state index contributed by atoms with van der Waals surface area (Å²) in [5.41, 5.74) is 0.179. The number of nitrogens with zero attached hydrogens (tertiary/aromatic N) is 2. The summed E-state index contributed by atoms with van der Waals surface area (Å²) in [7, 11) is 0. The van der Waals surface area contributed by atoms with E-state index < -0.39 is 17.5 Å². The highest BCUT2D eigenvalue weighted by Crippen LogP contribution is 2.16. The Kier molecular flexibility index (Phi) is 6.77. The molecule has 2 rings (SSSR count). The van der Waals surface area contributed by atoms with Crippen molar-refractivity contribution < 1.29 is 18.4 Å². The largest absolute Gasteiger partial charge is 0.337 e. The maximum absolute atomic E-state index is 13.7. The Balaban J connectivity index is 2.19. The number of rotatable bonds is 7. The van der Waals surface area contributed by atoms with Gasteiger partial charge in [0.1, 0.15) is 17.3 Å². The average molecular weight is 361 g/mol. The number of anilines is 1. The van der Waals surface area contributed by atoms with E-state index in [0.29, 0.717) is 19.2 Å². The maximum atomic E-state index is 13.7. The van der Waals surface area contributed by atoms with Crippen LogP contribution in [0.5, 0.6) is 0 Å². The molecule has 0 aliphatic carbocycles. The lowest BCUT2D eigenvalue weighted by Gasteiger charge is -2.21. The number of carbonyl (C=O) groups excluding carboxylic acids is 2. The monoisotopic (exact) mass is 361 g/mol. The summed E-state index contributed by atoms with van der Waals surface area (Å²) in [4.78, 5) is 30.6. The second-order valence-electron chi connectivity index (χ2n) is 5.80. The van der Waals surface area contributed by atoms with E-state index in [1.54, 1.807) is 4.90 Å². The molecular formula is C19H21F2N3O2. The van der Waals surface area contributed by atoms with Crippen LogP contribution in [-0.4, -0.2) is 34.8 Å². The van der Waals surface area contributed by atoms with Crippen molar-refractivity contribution in [1.82, 2.24) is 9.88 Å². The molecule has 0 radical (unpaired) electrons. The Morgan fingerprint density at radius 2 is 1.77 bits per heavy atom. The van der Waals surface area contributed by atoms with Crippen molar-refractivity contribution in [3.05, 3.63) is 59.4 Å². The van der Waals surface area contributed by atoms with Crippen molar-refractivity contribution >= 4 is 17.5 Å². The normalized spacial score (nSPS) is 10.5. The zero-order valence-corrected chi connectivity index (χ0v) is 14.8. The first-order valence-electron chi connectivity index (χ1n) is 8.48. The predicted octanol–water partition coefficient (Wildman–Crippen LogP) is 3.87. The lowest BCUT2D eigenvalue weighted by molar-refractivity contribution is 0.0749. The molecule has 0 aliphatic heterocycles. The van der Waals surface area contributed by atoms with Gasteiger partial charge < -0.3 is 10.2 Å². The first kappa shape index (κ1) is 19.5. The molecule has 138 valence electrons. The first-order chi connectivity index (χ1) is 12.5. The van der Waals surface area contributed by atoms with Gasteiger partial charge in [-0.05, 0) is 37.1 Å². The van der Waals surface area contributed by atoms with E-state index in [0.717, 1.165) is 25.0 Å². The van der Waals surface area contributed by atoms with Gasteiger partial charge in [-0.25, -0.2) is 8.78 Å². The summed E-state index contributed by atoms with van der Waals surface area (Å²) in [5, 5.41) is 2.37. The SMILES string of the molecule is CCCN(CCC)C(=O)c1cc(C(=O)Nc2ccc(F)cc2F)ccn1. The molecule has 0 aliphatic rings. The van der Waals surface area contributed by atoms with Gasteiger partial charge in [-0.1, -0.05) is 13.8 Å². The maximum Gasteiger partial charge on any atom is 0.272 e. The second-order valence-corrected chi connectivity index (χ2v) is 5.80. The zero-order chi connectivity index (χ0) is 19.1. The minimum absolute atomic E-state index is 0.139. The minimum atomic E-state index is -0.874. The summed E-state index contributed by atoms with van der Waals surface area (Å²) >= 11 is 0. The van der Waals surface area contributed by atoms with Crippen LogP contribution in [-0.2, 0) is 0 Å². The molecule has 0 spiro atoms. The molecule has 1 aromatic carbocycles. The number of benzene rings is 1. The lowest BCUT2D eigenvalue weighted by atomic mass is 10.2. The third-order valence-corrected chi connectivity index (χ3v) is 3.69. The van der Waals surface area contributed by atoms with Gasteiger partial charge in [0.05, 0.1) is 5.69 Å². The van der Waals surface area contributed by atoms with E-state index >= 15 is 0 Å². The molecule has 5 nitrogen and oxygen atoms in total. The number of pyridine rings is 1. The molecule has 0 fully saturated rings. The Bertz CT molecular complexity index is 790. The number of hydrogen-bond donors (Lipinski definition) is 1. The molecule has 0 saturated heterocycles. The fourth-order valence-electron chi connectivity index (χ4n) is 2.49. The number of aromatic nitrogens is 1. The summed E-state index contributed by atoms with van der Waals surface area (Å²) in [6, 6.07) is 5.67. The highest BCUT2D eigenvalue weighted by Gasteiger charge is 2.18. The highest BCUT2D eigenvalue weighted by atomic mass is 19.1. The molecular weight excluding hydrogens is 340 g/mol. The number of amides is 2. The Morgan fingerprint density at radius 1 is 1.08 bits per heavy atom. The summed E-state index contributed by atoms with van der Waals surface area (Å²) < 4.78 is 26.6. The Hall–Kier alpha value is -2.83. The van der Waals surface area contributed by atoms with Crippen LogP contribution in [0.4, 0.5) is 14.5 Å². The zero-order valence-electron chi connectivity index (χ0n) is 14.8. The molecule has 1 N–H and O–H groups in total. The van der Waals surface area contributed by atoms with Crippen molar-refractivity contribution in [1.29, 1.82) is 0 Å². The van der Waals surface area contributed by atoms with E-state index in [2.05, 4.69) is 10.3 Å². The highest BCUT2D eigenvalue weighted by molar-refractivity contribution is 6.05. The number of halogens is 2. The second kappa shape index (κ2) is 9.03. The number of hydrogen-bond acceptors (Lipinski definition) is 3. The summed E-state index contributed by atoms with van der Waals surface area (Å²) in [6.45, 7) is 5.16. The van der Waals surface area contributed by atoms with Crippen LogP contribution >= 0.6 is 0 Å². The topological polar surface area (TPSA) is 62.3 Å². The summed E-state index contributed by atoms with van der Waals surface area (Å²) in [5.74, 6) is -2.47. The van der Waals surface area contributed by atoms with Gasteiger partial charge in [-0.3, -0.25) is 14.6 Å². The quantitative estimate of drug-likeness (QED) is 0.814. The van der Waals surface area contributed by atoms with Gasteiger partial charge >= 0.3 is 0 Å². The van der Waals surface area contributed by atoms with E-state index in [4.69, 9.17) is 0 Å². The number of carbonyl (C=O) groups is 2. The Morgan fingerprint density at radius 3 is 2.38 bits per heavy atom. The van der Waals surface area contributed by atoms with Crippen LogP contribution in [0.1, 0.15) is 47.5 Å². The fourth-order valence-corrected chi connectivity index (χ4v) is 2.49. The first-order valence-corrected chi connectivity index (χ1v) is 8.48. The fraction of sp³-hybridized carbons (Fsp3) is 0.316. The van der Waals surface area contributed by atoms with Crippen LogP contribution in [0, 0.1) is 11.6 Å². The molecule has 1 heterocycles. The van der Waals surface area contributed by atoms with Gasteiger partial charge in [-0.15, -0.1) is 0 Å². The smallest absolute Gasteiger partial charge is 0.272 e. The average Bonchev–Trinajstić information content (AvgIpc) is 2.63. The molecule has 0 unspecified atom stereocenters. The summed E-state index contributed by atoms with van der Waals surface area (Å²) in [6.07, 6.45) is 2.99. The molecule has 7 heteroatoms. The van der Waals surface area contributed by atoms with Crippen LogP contribution in [0.2, 0.25) is 0 Å². The van der Waals surface area contributed by atoms with E-state index in [1.807, 2.05) is 13.8 Å². The van der Waals surface area contributed by atoms with Crippen LogP contribution < -0.4 is 5.32 Å². The molecule has 0 bridgehead atoms. The van der Waals surface area contributed by atoms with Crippen LogP contribution in [0.25, 0.3) is 0 Å². The van der Waals surface area contributed by atoms with Gasteiger partial charge in [0.25, 0.3) is 11.8 Å². The number of nitrogens with one attached hydrogen (secondary N) is 1. The van der Waals surface area contributed by atoms with Crippen molar-refractivity contribution in [2.24, 2.45) is 0 Å². The van der Waals surface area contributed by atoms with Gasteiger partial charge in [0.2, 0.25) is 0 Å². The lowest BCUT2D eigenvalue weighted by Crippen LogP contribution is -2.33. The van der Waals surface area contributed by atoms with E-state index in [9.17, 15) is 18.4 Å². The van der Waals surface area contributed by atoms with Crippen LogP contribution in [0.3, 0.4) is 0 Å². The molecule has 0 saturated carbocycles. The van der Waals surface area contributed by atoms with E-state index in [1.165, 1.54) is 18.3 Å². The molecule has 26 heavy (non-hydrogen) atoms. The third kappa shape index (κ3) is 4.84. The van der Waals surface area contributed by atoms with Crippen molar-refractivity contribution in [2.45, 2.75) is 26.7 Å². The molecule has 2 amide bonds.